The zero-order valence-corrected chi connectivity index (χ0v) is 19.6. The van der Waals surface area contributed by atoms with Gasteiger partial charge in [-0.05, 0) is 50.6 Å². The van der Waals surface area contributed by atoms with Crippen LogP contribution in [-0.2, 0) is 11.8 Å². The number of aromatic nitrogens is 3. The average Bonchev–Trinajstić information content (AvgIpc) is 3.35. The minimum absolute atomic E-state index is 0.161. The minimum atomic E-state index is -0.222. The van der Waals surface area contributed by atoms with E-state index in [1.54, 1.807) is 20.7 Å². The van der Waals surface area contributed by atoms with Crippen molar-refractivity contribution in [2.45, 2.75) is 25.7 Å². The number of nitrogens with zero attached hydrogens (tertiary/aromatic N) is 4. The van der Waals surface area contributed by atoms with Crippen molar-refractivity contribution in [3.8, 4) is 5.69 Å². The van der Waals surface area contributed by atoms with E-state index >= 15 is 0 Å². The Kier molecular flexibility index (Phi) is 5.86. The van der Waals surface area contributed by atoms with Crippen molar-refractivity contribution < 1.29 is 4.79 Å². The molecule has 1 aliphatic rings. The largest absolute Gasteiger partial charge is 0.319 e. The van der Waals surface area contributed by atoms with Gasteiger partial charge in [-0.3, -0.25) is 19.2 Å². The van der Waals surface area contributed by atoms with Gasteiger partial charge in [0.15, 0.2) is 0 Å². The molecule has 4 aromatic rings. The third-order valence-electron chi connectivity index (χ3n) is 6.35. The molecule has 1 atom stereocenters. The molecule has 33 heavy (non-hydrogen) atoms. The summed E-state index contributed by atoms with van der Waals surface area (Å²) in [6, 6.07) is 17.7. The lowest BCUT2D eigenvalue weighted by Gasteiger charge is -2.31. The predicted molar refractivity (Wildman–Crippen MR) is 132 cm³/mol. The first-order chi connectivity index (χ1) is 16.0. The first-order valence-electron chi connectivity index (χ1n) is 11.2. The Hall–Kier alpha value is -3.23. The number of hydrogen-bond acceptors (Lipinski definition) is 5. The SMILES string of the molecule is Cc1c(NC(=O)CN2CCC[C@@H](c3nc4ccccc4s3)C2)c(=O)n(-c2ccccc2)n1C. The van der Waals surface area contributed by atoms with Crippen molar-refractivity contribution in [1.82, 2.24) is 19.2 Å². The Morgan fingerprint density at radius 2 is 1.91 bits per heavy atom. The van der Waals surface area contributed by atoms with Gasteiger partial charge in [0, 0.05) is 19.5 Å². The van der Waals surface area contributed by atoms with Gasteiger partial charge >= 0.3 is 0 Å². The number of benzene rings is 2. The molecular formula is C25H27N5O2S. The summed E-state index contributed by atoms with van der Waals surface area (Å²) in [6.07, 6.45) is 2.11. The quantitative estimate of drug-likeness (QED) is 0.489. The molecule has 7 nitrogen and oxygen atoms in total. The zero-order chi connectivity index (χ0) is 22.9. The molecule has 0 unspecified atom stereocenters. The molecule has 1 N–H and O–H groups in total. The molecular weight excluding hydrogens is 434 g/mol. The molecule has 8 heteroatoms. The summed E-state index contributed by atoms with van der Waals surface area (Å²) in [5, 5.41) is 4.03. The fourth-order valence-corrected chi connectivity index (χ4v) is 5.65. The van der Waals surface area contributed by atoms with E-state index in [1.165, 1.54) is 4.70 Å². The number of para-hydroxylation sites is 2. The highest BCUT2D eigenvalue weighted by Gasteiger charge is 2.26. The van der Waals surface area contributed by atoms with Gasteiger partial charge in [0.05, 0.1) is 33.2 Å². The second-order valence-corrected chi connectivity index (χ2v) is 9.64. The van der Waals surface area contributed by atoms with E-state index in [2.05, 4.69) is 16.3 Å². The number of likely N-dealkylation sites (tertiary alicyclic amines) is 1. The highest BCUT2D eigenvalue weighted by molar-refractivity contribution is 7.18. The molecule has 2 aromatic heterocycles. The van der Waals surface area contributed by atoms with Crippen LogP contribution in [0.3, 0.4) is 0 Å². The first-order valence-corrected chi connectivity index (χ1v) is 12.0. The Balaban J connectivity index is 1.29. The Morgan fingerprint density at radius 3 is 2.70 bits per heavy atom. The molecule has 0 aliphatic carbocycles. The fourth-order valence-electron chi connectivity index (χ4n) is 4.56. The molecule has 2 aromatic carbocycles. The number of rotatable bonds is 5. The van der Waals surface area contributed by atoms with Gasteiger partial charge in [0.2, 0.25) is 5.91 Å². The first kappa shape index (κ1) is 21.6. The number of piperidine rings is 1. The van der Waals surface area contributed by atoms with Crippen LogP contribution < -0.4 is 10.9 Å². The van der Waals surface area contributed by atoms with E-state index in [9.17, 15) is 9.59 Å². The molecule has 0 saturated carbocycles. The summed E-state index contributed by atoms with van der Waals surface area (Å²) in [5.41, 5.74) is 2.65. The van der Waals surface area contributed by atoms with Gasteiger partial charge in [-0.25, -0.2) is 9.67 Å². The van der Waals surface area contributed by atoms with Crippen LogP contribution in [0.2, 0.25) is 0 Å². The lowest BCUT2D eigenvalue weighted by molar-refractivity contribution is -0.117. The standard InChI is InChI=1S/C25H27N5O2S/c1-17-23(25(32)30(28(17)2)19-10-4-3-5-11-19)27-22(31)16-29-14-8-9-18(15-29)24-26-20-12-6-7-13-21(20)33-24/h3-7,10-13,18H,8-9,14-16H2,1-2H3,(H,27,31)/t18-/m1/s1. The van der Waals surface area contributed by atoms with Gasteiger partial charge in [-0.1, -0.05) is 30.3 Å². The fraction of sp³-hybridized carbons (Fsp3) is 0.320. The maximum absolute atomic E-state index is 13.1. The lowest BCUT2D eigenvalue weighted by Crippen LogP contribution is -2.40. The van der Waals surface area contributed by atoms with Crippen LogP contribution in [0, 0.1) is 6.92 Å². The van der Waals surface area contributed by atoms with Gasteiger partial charge in [-0.15, -0.1) is 11.3 Å². The molecule has 1 saturated heterocycles. The van der Waals surface area contributed by atoms with E-state index in [4.69, 9.17) is 4.98 Å². The molecule has 170 valence electrons. The highest BCUT2D eigenvalue weighted by atomic mass is 32.1. The van der Waals surface area contributed by atoms with Crippen molar-refractivity contribution in [2.75, 3.05) is 25.0 Å². The highest BCUT2D eigenvalue weighted by Crippen LogP contribution is 2.32. The summed E-state index contributed by atoms with van der Waals surface area (Å²) >= 11 is 1.75. The normalized spacial score (nSPS) is 16.8. The van der Waals surface area contributed by atoms with Crippen molar-refractivity contribution >= 4 is 33.1 Å². The molecule has 0 bridgehead atoms. The molecule has 0 radical (unpaired) electrons. The summed E-state index contributed by atoms with van der Waals surface area (Å²) in [4.78, 5) is 33.0. The topological polar surface area (TPSA) is 72.2 Å². The van der Waals surface area contributed by atoms with Crippen LogP contribution in [-0.4, -0.2) is 44.8 Å². The number of thiazole rings is 1. The summed E-state index contributed by atoms with van der Waals surface area (Å²) in [6.45, 7) is 3.78. The third-order valence-corrected chi connectivity index (χ3v) is 7.55. The van der Waals surface area contributed by atoms with Crippen molar-refractivity contribution in [1.29, 1.82) is 0 Å². The molecule has 1 fully saturated rings. The Morgan fingerprint density at radius 1 is 1.15 bits per heavy atom. The van der Waals surface area contributed by atoms with Crippen molar-refractivity contribution in [3.05, 3.63) is 75.7 Å². The maximum Gasteiger partial charge on any atom is 0.295 e. The average molecular weight is 462 g/mol. The Bertz CT molecular complexity index is 1320. The monoisotopic (exact) mass is 461 g/mol. The van der Waals surface area contributed by atoms with Gasteiger partial charge in [-0.2, -0.15) is 0 Å². The number of hydrogen-bond donors (Lipinski definition) is 1. The summed E-state index contributed by atoms with van der Waals surface area (Å²) < 4.78 is 4.56. The number of fused-ring (bicyclic) bond motifs is 1. The number of carbonyl (C=O) groups is 1. The van der Waals surface area contributed by atoms with Crippen LogP contribution in [0.4, 0.5) is 5.69 Å². The number of anilines is 1. The molecule has 1 aliphatic heterocycles. The molecule has 3 heterocycles. The smallest absolute Gasteiger partial charge is 0.295 e. The van der Waals surface area contributed by atoms with Crippen molar-refractivity contribution in [3.63, 3.8) is 0 Å². The number of nitrogens with one attached hydrogen (secondary N) is 1. The molecule has 5 rings (SSSR count). The third kappa shape index (κ3) is 4.24. The van der Waals surface area contributed by atoms with E-state index in [-0.39, 0.29) is 18.0 Å². The Labute approximate surface area is 196 Å². The van der Waals surface area contributed by atoms with Crippen molar-refractivity contribution in [2.24, 2.45) is 7.05 Å². The molecule has 1 amide bonds. The van der Waals surface area contributed by atoms with Gasteiger partial charge < -0.3 is 5.32 Å². The minimum Gasteiger partial charge on any atom is -0.319 e. The summed E-state index contributed by atoms with van der Waals surface area (Å²) in [7, 11) is 1.83. The predicted octanol–water partition coefficient (Wildman–Crippen LogP) is 3.91. The number of amides is 1. The summed E-state index contributed by atoms with van der Waals surface area (Å²) in [5.74, 6) is 0.170. The number of carbonyl (C=O) groups excluding carboxylic acids is 1. The van der Waals surface area contributed by atoms with E-state index in [0.29, 0.717) is 11.6 Å². The van der Waals surface area contributed by atoms with Gasteiger partial charge in [0.1, 0.15) is 5.69 Å². The second kappa shape index (κ2) is 8.96. The lowest BCUT2D eigenvalue weighted by atomic mass is 9.99. The van der Waals surface area contributed by atoms with Crippen LogP contribution >= 0.6 is 11.3 Å². The van der Waals surface area contributed by atoms with Crippen LogP contribution in [0.1, 0.15) is 29.5 Å². The van der Waals surface area contributed by atoms with Crippen LogP contribution in [0.25, 0.3) is 15.9 Å². The zero-order valence-electron chi connectivity index (χ0n) is 18.8. The van der Waals surface area contributed by atoms with Crippen LogP contribution in [0.5, 0.6) is 0 Å². The van der Waals surface area contributed by atoms with Crippen LogP contribution in [0.15, 0.2) is 59.4 Å². The van der Waals surface area contributed by atoms with Gasteiger partial charge in [0.25, 0.3) is 5.56 Å². The van der Waals surface area contributed by atoms with E-state index in [0.717, 1.165) is 47.8 Å². The molecule has 0 spiro atoms. The second-order valence-electron chi connectivity index (χ2n) is 8.58. The maximum atomic E-state index is 13.1. The van der Waals surface area contributed by atoms with E-state index < -0.39 is 0 Å². The van der Waals surface area contributed by atoms with E-state index in [1.807, 2.05) is 62.5 Å².